The molecule has 6 aromatic carbocycles. The van der Waals surface area contributed by atoms with E-state index >= 15 is 0 Å². The first-order chi connectivity index (χ1) is 26.4. The monoisotopic (exact) mass is 1010 g/mol. The molecule has 16 heteroatoms. The third-order valence-electron chi connectivity index (χ3n) is 9.76. The SMILES string of the molecule is Cc1c(C(C)(C)C)[cH-]c2cccc(-c3cc(C(F)(F)F)cc(C(F)(F)F)c3)c12.Cc1c(C(C)(C)C)[cH-]c2cccc(-c3cc(C(F)(F)F)cc(C(F)(F)F)c3)c12.Cl.Cl.[CH3-].[CH3-].[Si]=[Zr]. The van der Waals surface area contributed by atoms with E-state index in [-0.39, 0.29) is 73.8 Å². The zero-order valence-corrected chi connectivity index (χ0v) is 40.5. The molecule has 0 saturated heterocycles. The minimum atomic E-state index is -4.87. The molecule has 0 nitrogen and oxygen atoms in total. The topological polar surface area (TPSA) is 0 Å². The molecule has 0 fully saturated rings. The van der Waals surface area contributed by atoms with Crippen molar-refractivity contribution in [3.63, 3.8) is 0 Å². The van der Waals surface area contributed by atoms with Gasteiger partial charge in [-0.1, -0.05) is 78.6 Å². The van der Waals surface area contributed by atoms with Crippen molar-refractivity contribution in [2.24, 2.45) is 0 Å². The quantitative estimate of drug-likeness (QED) is 0.0921. The molecule has 0 spiro atoms. The molecule has 0 saturated carbocycles. The van der Waals surface area contributed by atoms with Gasteiger partial charge in [-0.25, -0.2) is 0 Å². The number of benzene rings is 4. The van der Waals surface area contributed by atoms with Crippen molar-refractivity contribution in [1.82, 2.24) is 0 Å². The van der Waals surface area contributed by atoms with Crippen molar-refractivity contribution >= 4 is 53.2 Å². The van der Waals surface area contributed by atoms with Crippen LogP contribution in [0.5, 0.6) is 0 Å². The average Bonchev–Trinajstić information content (AvgIpc) is 3.64. The van der Waals surface area contributed by atoms with Gasteiger partial charge in [0.25, 0.3) is 0 Å². The van der Waals surface area contributed by atoms with Crippen LogP contribution in [0.4, 0.5) is 52.7 Å². The molecule has 0 bridgehead atoms. The van der Waals surface area contributed by atoms with Crippen LogP contribution in [0.1, 0.15) is 86.1 Å². The summed E-state index contributed by atoms with van der Waals surface area (Å²) >= 11 is 1.36. The molecule has 2 radical (unpaired) electrons. The number of halogens is 14. The van der Waals surface area contributed by atoms with Crippen molar-refractivity contribution in [2.45, 2.75) is 90.9 Å². The molecule has 0 heterocycles. The Bertz CT molecular complexity index is 2200. The number of rotatable bonds is 2. The second-order valence-corrected chi connectivity index (χ2v) is 16.0. The van der Waals surface area contributed by atoms with Gasteiger partial charge in [0.05, 0.1) is 22.3 Å². The number of aryl methyl sites for hydroxylation is 2. The van der Waals surface area contributed by atoms with Gasteiger partial charge < -0.3 is 14.9 Å². The predicted octanol–water partition coefficient (Wildman–Crippen LogP) is 17.1. The molecule has 6 aromatic rings. The molecule has 0 aromatic heterocycles. The van der Waals surface area contributed by atoms with E-state index in [1.54, 1.807) is 24.3 Å². The van der Waals surface area contributed by atoms with Crippen molar-refractivity contribution in [2.75, 3.05) is 0 Å². The van der Waals surface area contributed by atoms with Crippen LogP contribution in [0.15, 0.2) is 84.9 Å². The number of alkyl halides is 12. The molecule has 340 valence electrons. The molecule has 0 aliphatic rings. The Kier molecular flexibility index (Phi) is 19.8. The Morgan fingerprint density at radius 1 is 0.435 bits per heavy atom. The molecule has 6 rings (SSSR count). The van der Waals surface area contributed by atoms with E-state index in [2.05, 4.69) is 6.88 Å². The maximum absolute atomic E-state index is 13.2. The summed E-state index contributed by atoms with van der Waals surface area (Å²) in [4.78, 5) is 0. The molecule has 0 aliphatic carbocycles. The van der Waals surface area contributed by atoms with Crippen molar-refractivity contribution in [3.05, 3.63) is 144 Å². The van der Waals surface area contributed by atoms with Crippen molar-refractivity contribution in [3.8, 4) is 22.3 Å². The van der Waals surface area contributed by atoms with Crippen LogP contribution in [0, 0.1) is 28.7 Å². The molecule has 0 amide bonds. The Balaban J connectivity index is 0.00000109. The summed E-state index contributed by atoms with van der Waals surface area (Å²) in [7, 11) is 0. The van der Waals surface area contributed by atoms with Gasteiger partial charge in [-0.3, -0.25) is 0 Å². The average molecular weight is 1020 g/mol. The zero-order valence-electron chi connectivity index (χ0n) is 35.4. The third-order valence-corrected chi connectivity index (χ3v) is 9.76. The van der Waals surface area contributed by atoms with Gasteiger partial charge >= 0.3 is 54.9 Å². The first-order valence-electron chi connectivity index (χ1n) is 17.6. The standard InChI is InChI=1S/2C22H19F6.2CH3.2ClH.Si.Zr/c2*1-12-18(20(2,3)4)10-13-6-5-7-17(19(12)13)14-8-15(21(23,24)25)11-16(9-14)22(26,27)28;;;;;;/h2*5-11H,1-4H3;2*1H3;2*1H;;/q4*-1;;;;. The van der Waals surface area contributed by atoms with Crippen LogP contribution < -0.4 is 0 Å². The van der Waals surface area contributed by atoms with Gasteiger partial charge in [-0.15, -0.1) is 93.9 Å². The molecular weight excluding hydrogens is 971 g/mol. The third kappa shape index (κ3) is 13.0. The summed E-state index contributed by atoms with van der Waals surface area (Å²) < 4.78 is 159. The van der Waals surface area contributed by atoms with E-state index < -0.39 is 47.0 Å². The van der Waals surface area contributed by atoms with Crippen molar-refractivity contribution in [1.29, 1.82) is 0 Å². The van der Waals surface area contributed by atoms with Crippen LogP contribution in [-0.2, 0) is 58.9 Å². The van der Waals surface area contributed by atoms with E-state index in [9.17, 15) is 52.7 Å². The Morgan fingerprint density at radius 2 is 0.677 bits per heavy atom. The van der Waals surface area contributed by atoms with Crippen LogP contribution in [0.2, 0.25) is 0 Å². The van der Waals surface area contributed by atoms with Gasteiger partial charge in [0.2, 0.25) is 0 Å². The Hall–Kier alpha value is -3.06. The van der Waals surface area contributed by atoms with E-state index in [1.807, 2.05) is 79.7 Å². The molecule has 62 heavy (non-hydrogen) atoms. The minimum absolute atomic E-state index is 0. The fourth-order valence-electron chi connectivity index (χ4n) is 7.27. The predicted molar refractivity (Wildman–Crippen MR) is 230 cm³/mol. The van der Waals surface area contributed by atoms with Gasteiger partial charge in [0, 0.05) is 0 Å². The molecular formula is C46H46Cl2F12SiZr-4. The second-order valence-electron chi connectivity index (χ2n) is 16.0. The number of hydrogen-bond acceptors (Lipinski definition) is 0. The van der Waals surface area contributed by atoms with Crippen LogP contribution >= 0.6 is 24.8 Å². The zero-order chi connectivity index (χ0) is 44.1. The Labute approximate surface area is 384 Å². The molecule has 0 unspecified atom stereocenters. The van der Waals surface area contributed by atoms with Crippen LogP contribution in [0.3, 0.4) is 0 Å². The van der Waals surface area contributed by atoms with E-state index in [1.165, 1.54) is 23.3 Å². The molecule has 0 aliphatic heterocycles. The summed E-state index contributed by atoms with van der Waals surface area (Å²) in [5, 5.41) is 2.96. The van der Waals surface area contributed by atoms with Crippen LogP contribution in [0.25, 0.3) is 43.8 Å². The summed E-state index contributed by atoms with van der Waals surface area (Å²) in [6.45, 7) is 18.8. The first-order valence-corrected chi connectivity index (χ1v) is 21.8. The summed E-state index contributed by atoms with van der Waals surface area (Å²) in [5.41, 5.74) is -1.36. The summed E-state index contributed by atoms with van der Waals surface area (Å²) in [6, 6.07) is 17.4. The summed E-state index contributed by atoms with van der Waals surface area (Å²) in [5.74, 6) is 0. The Morgan fingerprint density at radius 3 is 0.887 bits per heavy atom. The van der Waals surface area contributed by atoms with Gasteiger partial charge in [0.15, 0.2) is 0 Å². The van der Waals surface area contributed by atoms with Crippen LogP contribution in [-0.4, -0.2) is 6.88 Å². The fraction of sp³-hybridized carbons (Fsp3) is 0.304. The van der Waals surface area contributed by atoms with Gasteiger partial charge in [-0.2, -0.15) is 63.8 Å². The van der Waals surface area contributed by atoms with Gasteiger partial charge in [-0.05, 0) is 58.4 Å². The number of fused-ring (bicyclic) bond motifs is 2. The van der Waals surface area contributed by atoms with Gasteiger partial charge in [0.1, 0.15) is 0 Å². The van der Waals surface area contributed by atoms with E-state index in [0.717, 1.165) is 57.3 Å². The van der Waals surface area contributed by atoms with E-state index in [0.29, 0.717) is 21.9 Å². The second kappa shape index (κ2) is 20.8. The van der Waals surface area contributed by atoms with Crippen molar-refractivity contribution < 1.29 is 76.0 Å². The maximum atomic E-state index is 13.2. The normalized spacial score (nSPS) is 12.1. The summed E-state index contributed by atoms with van der Waals surface area (Å²) in [6.07, 6.45) is -19.5. The molecule has 0 N–H and O–H groups in total. The number of hydrogen-bond donors (Lipinski definition) is 0. The molecule has 0 atom stereocenters. The van der Waals surface area contributed by atoms with E-state index in [4.69, 9.17) is 0 Å². The first kappa shape index (κ1) is 58.9. The fourth-order valence-corrected chi connectivity index (χ4v) is 7.27.